The molecule has 0 saturated heterocycles. The largest absolute Gasteiger partial charge is 0.337 e. The monoisotopic (exact) mass is 372 g/mol. The first kappa shape index (κ1) is 14.5. The molecule has 3 rings (SSSR count). The molecule has 0 spiro atoms. The van der Waals surface area contributed by atoms with E-state index in [-0.39, 0.29) is 5.82 Å². The Bertz CT molecular complexity index is 801. The van der Waals surface area contributed by atoms with E-state index in [1.165, 1.54) is 6.07 Å². The third-order valence-corrected chi connectivity index (χ3v) is 3.85. The number of fused-ring (bicyclic) bond motifs is 1. The van der Waals surface area contributed by atoms with Gasteiger partial charge >= 0.3 is 0 Å². The van der Waals surface area contributed by atoms with Crippen molar-refractivity contribution in [1.82, 2.24) is 19.7 Å². The highest BCUT2D eigenvalue weighted by atomic mass is 79.9. The van der Waals surface area contributed by atoms with Crippen LogP contribution in [-0.4, -0.2) is 25.6 Å². The maximum absolute atomic E-state index is 13.6. The van der Waals surface area contributed by atoms with Crippen LogP contribution in [0.15, 0.2) is 21.1 Å². The molecule has 0 radical (unpaired) electrons. The Hall–Kier alpha value is -1.47. The first-order chi connectivity index (χ1) is 10.1. The summed E-state index contributed by atoms with van der Waals surface area (Å²) < 4.78 is 21.1. The zero-order valence-corrected chi connectivity index (χ0v) is 13.4. The second-order valence-electron chi connectivity index (χ2n) is 4.54. The Morgan fingerprint density at radius 3 is 2.86 bits per heavy atom. The van der Waals surface area contributed by atoms with Gasteiger partial charge in [0.25, 0.3) is 0 Å². The Morgan fingerprint density at radius 1 is 1.38 bits per heavy atom. The van der Waals surface area contributed by atoms with Crippen molar-refractivity contribution in [2.75, 3.05) is 5.88 Å². The van der Waals surface area contributed by atoms with Crippen LogP contribution in [0, 0.1) is 12.7 Å². The average Bonchev–Trinajstić information content (AvgIpc) is 2.97. The number of halogens is 3. The Kier molecular flexibility index (Phi) is 3.95. The van der Waals surface area contributed by atoms with Crippen LogP contribution in [-0.2, 0) is 13.0 Å². The average molecular weight is 374 g/mol. The first-order valence-electron chi connectivity index (χ1n) is 6.28. The van der Waals surface area contributed by atoms with Gasteiger partial charge in [0, 0.05) is 18.4 Å². The summed E-state index contributed by atoms with van der Waals surface area (Å²) >= 11 is 9.01. The number of aromatic nitrogens is 4. The molecule has 0 fully saturated rings. The fraction of sp³-hybridized carbons (Fsp3) is 0.308. The number of nitrogens with zero attached hydrogens (tertiary/aromatic N) is 4. The Labute approximate surface area is 133 Å². The van der Waals surface area contributed by atoms with E-state index in [2.05, 4.69) is 31.1 Å². The highest BCUT2D eigenvalue weighted by molar-refractivity contribution is 9.10. The van der Waals surface area contributed by atoms with Crippen LogP contribution in [0.5, 0.6) is 0 Å². The van der Waals surface area contributed by atoms with Gasteiger partial charge in [-0.15, -0.1) is 11.6 Å². The summed E-state index contributed by atoms with van der Waals surface area (Å²) in [5, 5.41) is 3.77. The minimum Gasteiger partial charge on any atom is -0.337 e. The molecular formula is C13H11BrClFN4O. The van der Waals surface area contributed by atoms with E-state index in [1.807, 2.05) is 4.57 Å². The van der Waals surface area contributed by atoms with Crippen LogP contribution in [0.4, 0.5) is 4.39 Å². The Balaban J connectivity index is 2.12. The van der Waals surface area contributed by atoms with E-state index in [1.54, 1.807) is 13.0 Å². The third-order valence-electron chi connectivity index (χ3n) is 3.05. The first-order valence-corrected chi connectivity index (χ1v) is 7.60. The van der Waals surface area contributed by atoms with Gasteiger partial charge in [-0.05, 0) is 28.9 Å². The number of hydrogen-bond acceptors (Lipinski definition) is 4. The second-order valence-corrected chi connectivity index (χ2v) is 5.78. The van der Waals surface area contributed by atoms with Crippen LogP contribution in [0.3, 0.4) is 0 Å². The van der Waals surface area contributed by atoms with Crippen molar-refractivity contribution in [3.63, 3.8) is 0 Å². The summed E-state index contributed by atoms with van der Waals surface area (Å²) in [5.41, 5.74) is 1.37. The Morgan fingerprint density at radius 2 is 2.19 bits per heavy atom. The molecule has 0 amide bonds. The number of aryl methyl sites for hydroxylation is 2. The summed E-state index contributed by atoms with van der Waals surface area (Å²) in [6, 6.07) is 3.09. The predicted molar refractivity (Wildman–Crippen MR) is 80.0 cm³/mol. The number of rotatable bonds is 4. The molecule has 0 unspecified atom stereocenters. The molecule has 2 aromatic heterocycles. The fourth-order valence-corrected chi connectivity index (χ4v) is 2.66. The van der Waals surface area contributed by atoms with Crippen molar-refractivity contribution >= 4 is 38.6 Å². The van der Waals surface area contributed by atoms with Gasteiger partial charge in [0.1, 0.15) is 18.2 Å². The number of hydrogen-bond donors (Lipinski definition) is 0. The zero-order chi connectivity index (χ0) is 15.0. The lowest BCUT2D eigenvalue weighted by Crippen LogP contribution is -2.06. The summed E-state index contributed by atoms with van der Waals surface area (Å²) in [5.74, 6) is 1.88. The van der Waals surface area contributed by atoms with E-state index in [9.17, 15) is 4.39 Å². The molecule has 0 aliphatic rings. The molecule has 0 aliphatic heterocycles. The van der Waals surface area contributed by atoms with Gasteiger partial charge in [-0.3, -0.25) is 0 Å². The molecule has 110 valence electrons. The molecule has 0 bridgehead atoms. The quantitative estimate of drug-likeness (QED) is 0.657. The van der Waals surface area contributed by atoms with Crippen molar-refractivity contribution in [3.05, 3.63) is 40.0 Å². The van der Waals surface area contributed by atoms with Gasteiger partial charge in [-0.2, -0.15) is 4.98 Å². The topological polar surface area (TPSA) is 56.7 Å². The molecule has 0 atom stereocenters. The van der Waals surface area contributed by atoms with Crippen LogP contribution in [0.25, 0.3) is 11.0 Å². The summed E-state index contributed by atoms with van der Waals surface area (Å²) in [4.78, 5) is 8.62. The second kappa shape index (κ2) is 5.73. The molecular weight excluding hydrogens is 363 g/mol. The maximum Gasteiger partial charge on any atom is 0.246 e. The van der Waals surface area contributed by atoms with E-state index < -0.39 is 0 Å². The fourth-order valence-electron chi connectivity index (χ4n) is 2.16. The van der Waals surface area contributed by atoms with Gasteiger partial charge in [0.05, 0.1) is 15.5 Å². The minimum atomic E-state index is -0.349. The van der Waals surface area contributed by atoms with Gasteiger partial charge in [0.2, 0.25) is 5.89 Å². The van der Waals surface area contributed by atoms with Gasteiger partial charge in [-0.1, -0.05) is 5.16 Å². The normalized spacial score (nSPS) is 11.4. The highest BCUT2D eigenvalue weighted by Gasteiger charge is 2.15. The molecule has 2 heterocycles. The zero-order valence-electron chi connectivity index (χ0n) is 11.1. The van der Waals surface area contributed by atoms with Gasteiger partial charge < -0.3 is 9.09 Å². The molecule has 21 heavy (non-hydrogen) atoms. The van der Waals surface area contributed by atoms with Crippen LogP contribution < -0.4 is 0 Å². The van der Waals surface area contributed by atoms with Gasteiger partial charge in [-0.25, -0.2) is 9.37 Å². The van der Waals surface area contributed by atoms with E-state index in [0.29, 0.717) is 40.6 Å². The van der Waals surface area contributed by atoms with Crippen molar-refractivity contribution in [2.24, 2.45) is 0 Å². The molecule has 1 aromatic carbocycles. The summed E-state index contributed by atoms with van der Waals surface area (Å²) in [7, 11) is 0. The SMILES string of the molecule is Cc1noc(Cn2c(CCCl)nc3cc(F)c(Br)cc32)n1. The lowest BCUT2D eigenvalue weighted by molar-refractivity contribution is 0.367. The maximum atomic E-state index is 13.6. The molecule has 3 aromatic rings. The van der Waals surface area contributed by atoms with Crippen LogP contribution in [0.1, 0.15) is 17.5 Å². The van der Waals surface area contributed by atoms with E-state index in [4.69, 9.17) is 16.1 Å². The molecule has 0 saturated carbocycles. The number of benzene rings is 1. The van der Waals surface area contributed by atoms with E-state index in [0.717, 1.165) is 11.3 Å². The molecule has 0 N–H and O–H groups in total. The lowest BCUT2D eigenvalue weighted by atomic mass is 10.3. The lowest BCUT2D eigenvalue weighted by Gasteiger charge is -2.05. The predicted octanol–water partition coefficient (Wildman–Crippen LogP) is 3.46. The summed E-state index contributed by atoms with van der Waals surface area (Å²) in [6.07, 6.45) is 0.572. The molecule has 5 nitrogen and oxygen atoms in total. The smallest absolute Gasteiger partial charge is 0.246 e. The van der Waals surface area contributed by atoms with Crippen LogP contribution in [0.2, 0.25) is 0 Å². The van der Waals surface area contributed by atoms with Crippen molar-refractivity contribution < 1.29 is 8.91 Å². The van der Waals surface area contributed by atoms with Gasteiger partial charge in [0.15, 0.2) is 5.82 Å². The number of alkyl halides is 1. The molecule has 8 heteroatoms. The van der Waals surface area contributed by atoms with Crippen LogP contribution >= 0.6 is 27.5 Å². The van der Waals surface area contributed by atoms with Crippen molar-refractivity contribution in [2.45, 2.75) is 19.9 Å². The number of imidazole rings is 1. The molecule has 0 aliphatic carbocycles. The standard InChI is InChI=1S/C13H11BrClFN4O/c1-7-17-13(21-19-7)6-20-11-4-8(14)9(16)5-10(11)18-12(20)2-3-15/h4-5H,2-3,6H2,1H3. The summed E-state index contributed by atoms with van der Waals surface area (Å²) in [6.45, 7) is 2.13. The third kappa shape index (κ3) is 2.80. The van der Waals surface area contributed by atoms with Crippen molar-refractivity contribution in [3.8, 4) is 0 Å². The highest BCUT2D eigenvalue weighted by Crippen LogP contribution is 2.25. The van der Waals surface area contributed by atoms with E-state index >= 15 is 0 Å². The minimum absolute atomic E-state index is 0.349. The van der Waals surface area contributed by atoms with Crippen molar-refractivity contribution in [1.29, 1.82) is 0 Å².